The third-order valence-corrected chi connectivity index (χ3v) is 4.82. The monoisotopic (exact) mass is 479 g/mol. The summed E-state index contributed by atoms with van der Waals surface area (Å²) in [5.74, 6) is -0.680. The number of rotatable bonds is 6. The summed E-state index contributed by atoms with van der Waals surface area (Å²) in [5.41, 5.74) is 3.03. The van der Waals surface area contributed by atoms with Gasteiger partial charge < -0.3 is 10.1 Å². The maximum atomic E-state index is 12.6. The van der Waals surface area contributed by atoms with Gasteiger partial charge in [-0.1, -0.05) is 0 Å². The molecule has 1 N–H and O–H groups in total. The zero-order valence-corrected chi connectivity index (χ0v) is 18.1. The SMILES string of the molecule is CCOC(=O)c1ccn(-c2ccc(NC(=O)c3ccc(-n4cc(Br)cn4)cc3)cc2)n1. The highest BCUT2D eigenvalue weighted by atomic mass is 79.9. The summed E-state index contributed by atoms with van der Waals surface area (Å²) in [5, 5.41) is 11.3. The minimum absolute atomic E-state index is 0.218. The van der Waals surface area contributed by atoms with Crippen LogP contribution in [0, 0.1) is 0 Å². The van der Waals surface area contributed by atoms with Crippen LogP contribution in [0.15, 0.2) is 77.7 Å². The van der Waals surface area contributed by atoms with E-state index in [1.165, 1.54) is 0 Å². The Morgan fingerprint density at radius 2 is 1.68 bits per heavy atom. The van der Waals surface area contributed by atoms with E-state index in [0.29, 0.717) is 17.9 Å². The van der Waals surface area contributed by atoms with Crippen LogP contribution in [0.1, 0.15) is 27.8 Å². The minimum atomic E-state index is -0.462. The van der Waals surface area contributed by atoms with E-state index in [1.807, 2.05) is 18.3 Å². The van der Waals surface area contributed by atoms with Crippen LogP contribution in [0.3, 0.4) is 0 Å². The van der Waals surface area contributed by atoms with Crippen LogP contribution in [0.2, 0.25) is 0 Å². The second-order valence-electron chi connectivity index (χ2n) is 6.52. The lowest BCUT2D eigenvalue weighted by atomic mass is 10.2. The number of hydrogen-bond donors (Lipinski definition) is 1. The topological polar surface area (TPSA) is 91.0 Å². The molecule has 4 aromatic rings. The van der Waals surface area contributed by atoms with Crippen molar-refractivity contribution in [3.63, 3.8) is 0 Å². The lowest BCUT2D eigenvalue weighted by Gasteiger charge is -2.08. The van der Waals surface area contributed by atoms with E-state index in [9.17, 15) is 9.59 Å². The average Bonchev–Trinajstić information content (AvgIpc) is 3.44. The summed E-state index contributed by atoms with van der Waals surface area (Å²) in [7, 11) is 0. The van der Waals surface area contributed by atoms with Gasteiger partial charge in [-0.3, -0.25) is 4.79 Å². The quantitative estimate of drug-likeness (QED) is 0.417. The Bertz CT molecular complexity index is 1210. The number of carbonyl (C=O) groups is 2. The summed E-state index contributed by atoms with van der Waals surface area (Å²) >= 11 is 3.36. The summed E-state index contributed by atoms with van der Waals surface area (Å²) in [6.45, 7) is 2.04. The van der Waals surface area contributed by atoms with Gasteiger partial charge in [0.05, 0.1) is 28.7 Å². The van der Waals surface area contributed by atoms with Crippen LogP contribution in [0.5, 0.6) is 0 Å². The molecule has 0 fully saturated rings. The van der Waals surface area contributed by atoms with Crippen LogP contribution in [0.4, 0.5) is 5.69 Å². The van der Waals surface area contributed by atoms with Crippen molar-refractivity contribution in [3.8, 4) is 11.4 Å². The predicted octanol–water partition coefficient (Wildman–Crippen LogP) is 4.25. The molecule has 2 aromatic carbocycles. The highest BCUT2D eigenvalue weighted by Crippen LogP contribution is 2.17. The number of esters is 1. The van der Waals surface area contributed by atoms with Crippen LogP contribution < -0.4 is 5.32 Å². The van der Waals surface area contributed by atoms with Gasteiger partial charge in [-0.2, -0.15) is 10.2 Å². The van der Waals surface area contributed by atoms with Gasteiger partial charge in [0, 0.05) is 23.6 Å². The number of halogens is 1. The van der Waals surface area contributed by atoms with Gasteiger partial charge in [0.15, 0.2) is 5.69 Å². The Morgan fingerprint density at radius 3 is 2.32 bits per heavy atom. The molecule has 31 heavy (non-hydrogen) atoms. The summed E-state index contributed by atoms with van der Waals surface area (Å²) in [4.78, 5) is 24.3. The summed E-state index contributed by atoms with van der Waals surface area (Å²) in [6, 6.07) is 15.9. The molecule has 4 rings (SSSR count). The maximum absolute atomic E-state index is 12.6. The van der Waals surface area contributed by atoms with Crippen molar-refractivity contribution >= 4 is 33.5 Å². The molecule has 0 aliphatic carbocycles. The third kappa shape index (κ3) is 4.72. The molecule has 0 bridgehead atoms. The Kier molecular flexibility index (Phi) is 5.94. The fraction of sp³-hybridized carbons (Fsp3) is 0.0909. The molecular weight excluding hydrogens is 462 g/mol. The molecule has 2 heterocycles. The van der Waals surface area contributed by atoms with Crippen LogP contribution in [0.25, 0.3) is 11.4 Å². The molecule has 0 atom stereocenters. The third-order valence-electron chi connectivity index (χ3n) is 4.41. The van der Waals surface area contributed by atoms with Gasteiger partial charge in [-0.15, -0.1) is 0 Å². The molecule has 156 valence electrons. The second kappa shape index (κ2) is 8.97. The Labute approximate surface area is 186 Å². The molecule has 0 aliphatic heterocycles. The van der Waals surface area contributed by atoms with E-state index in [1.54, 1.807) is 71.1 Å². The van der Waals surface area contributed by atoms with Crippen molar-refractivity contribution in [2.45, 2.75) is 6.92 Å². The lowest BCUT2D eigenvalue weighted by molar-refractivity contribution is 0.0519. The van der Waals surface area contributed by atoms with E-state index < -0.39 is 5.97 Å². The number of nitrogens with one attached hydrogen (secondary N) is 1. The van der Waals surface area contributed by atoms with Crippen molar-refractivity contribution in [2.75, 3.05) is 11.9 Å². The normalized spacial score (nSPS) is 10.6. The molecule has 0 radical (unpaired) electrons. The van der Waals surface area contributed by atoms with E-state index >= 15 is 0 Å². The number of carbonyl (C=O) groups excluding carboxylic acids is 2. The first-order chi connectivity index (χ1) is 15.0. The number of amides is 1. The first kappa shape index (κ1) is 20.5. The molecule has 2 aromatic heterocycles. The number of ether oxygens (including phenoxy) is 1. The van der Waals surface area contributed by atoms with E-state index in [2.05, 4.69) is 31.4 Å². The van der Waals surface area contributed by atoms with Gasteiger partial charge in [-0.05, 0) is 77.5 Å². The van der Waals surface area contributed by atoms with Gasteiger partial charge in [-0.25, -0.2) is 14.2 Å². The molecule has 0 aliphatic rings. The van der Waals surface area contributed by atoms with E-state index in [4.69, 9.17) is 4.74 Å². The van der Waals surface area contributed by atoms with Crippen LogP contribution in [-0.4, -0.2) is 38.0 Å². The zero-order valence-electron chi connectivity index (χ0n) is 16.5. The first-order valence-corrected chi connectivity index (χ1v) is 10.3. The van der Waals surface area contributed by atoms with Crippen LogP contribution in [-0.2, 0) is 4.74 Å². The molecule has 0 saturated heterocycles. The minimum Gasteiger partial charge on any atom is -0.461 e. The fourth-order valence-electron chi connectivity index (χ4n) is 2.89. The Hall–Kier alpha value is -3.72. The van der Waals surface area contributed by atoms with Crippen molar-refractivity contribution in [1.29, 1.82) is 0 Å². The first-order valence-electron chi connectivity index (χ1n) is 9.48. The highest BCUT2D eigenvalue weighted by Gasteiger charge is 2.11. The summed E-state index contributed by atoms with van der Waals surface area (Å²) < 4.78 is 9.12. The number of anilines is 1. The molecule has 0 spiro atoms. The standard InChI is InChI=1S/C22H18BrN5O3/c1-2-31-22(30)20-11-12-27(26-20)18-9-5-17(6-10-18)25-21(29)15-3-7-19(8-4-15)28-14-16(23)13-24-28/h3-14H,2H2,1H3,(H,25,29). The highest BCUT2D eigenvalue weighted by molar-refractivity contribution is 9.10. The van der Waals surface area contributed by atoms with Crippen molar-refractivity contribution < 1.29 is 14.3 Å². The largest absolute Gasteiger partial charge is 0.461 e. The van der Waals surface area contributed by atoms with Crippen molar-refractivity contribution in [1.82, 2.24) is 19.6 Å². The zero-order chi connectivity index (χ0) is 21.8. The maximum Gasteiger partial charge on any atom is 0.358 e. The van der Waals surface area contributed by atoms with Gasteiger partial charge in [0.1, 0.15) is 0 Å². The van der Waals surface area contributed by atoms with Gasteiger partial charge in [0.2, 0.25) is 0 Å². The number of hydrogen-bond acceptors (Lipinski definition) is 5. The number of aromatic nitrogens is 4. The molecule has 0 unspecified atom stereocenters. The summed E-state index contributed by atoms with van der Waals surface area (Å²) in [6.07, 6.45) is 5.22. The van der Waals surface area contributed by atoms with E-state index in [0.717, 1.165) is 15.8 Å². The average molecular weight is 480 g/mol. The van der Waals surface area contributed by atoms with E-state index in [-0.39, 0.29) is 11.6 Å². The second-order valence-corrected chi connectivity index (χ2v) is 7.43. The van der Waals surface area contributed by atoms with Crippen molar-refractivity contribution in [2.24, 2.45) is 0 Å². The predicted molar refractivity (Wildman–Crippen MR) is 119 cm³/mol. The molecular formula is C22H18BrN5O3. The van der Waals surface area contributed by atoms with Crippen LogP contribution >= 0.6 is 15.9 Å². The van der Waals surface area contributed by atoms with Gasteiger partial charge >= 0.3 is 5.97 Å². The smallest absolute Gasteiger partial charge is 0.358 e. The fourth-order valence-corrected chi connectivity index (χ4v) is 3.18. The Balaban J connectivity index is 1.42. The molecule has 8 nitrogen and oxygen atoms in total. The van der Waals surface area contributed by atoms with Crippen molar-refractivity contribution in [3.05, 3.63) is 88.9 Å². The Morgan fingerprint density at radius 1 is 1.00 bits per heavy atom. The number of benzene rings is 2. The lowest BCUT2D eigenvalue weighted by Crippen LogP contribution is -2.12. The molecule has 9 heteroatoms. The molecule has 1 amide bonds. The number of nitrogens with zero attached hydrogens (tertiary/aromatic N) is 4. The van der Waals surface area contributed by atoms with Gasteiger partial charge in [0.25, 0.3) is 5.91 Å². The molecule has 0 saturated carbocycles.